The molecule has 0 unspecified atom stereocenters. The summed E-state index contributed by atoms with van der Waals surface area (Å²) in [6, 6.07) is 19.0. The van der Waals surface area contributed by atoms with Crippen LogP contribution in [0.2, 0.25) is 0 Å². The zero-order valence-corrected chi connectivity index (χ0v) is 17.8. The Morgan fingerprint density at radius 3 is 2.62 bits per heavy atom. The van der Waals surface area contributed by atoms with Gasteiger partial charge in [0.25, 0.3) is 0 Å². The van der Waals surface area contributed by atoms with E-state index in [1.54, 1.807) is 30.5 Å². The molecule has 0 spiro atoms. The number of hydrogen-bond acceptors (Lipinski definition) is 6. The summed E-state index contributed by atoms with van der Waals surface area (Å²) in [6.45, 7) is 0.0348. The van der Waals surface area contributed by atoms with Crippen molar-refractivity contribution in [2.24, 2.45) is 0 Å². The lowest BCUT2D eigenvalue weighted by atomic mass is 10.2. The molecule has 2 N–H and O–H groups in total. The third-order valence-electron chi connectivity index (χ3n) is 4.62. The number of carbonyl (C=O) groups is 1. The summed E-state index contributed by atoms with van der Waals surface area (Å²) in [6.07, 6.45) is 3.57. The van der Waals surface area contributed by atoms with Gasteiger partial charge in [0.1, 0.15) is 5.76 Å². The first-order valence-electron chi connectivity index (χ1n) is 9.92. The van der Waals surface area contributed by atoms with Crippen LogP contribution >= 0.6 is 0 Å². The van der Waals surface area contributed by atoms with E-state index in [1.165, 1.54) is 18.4 Å². The molecule has 0 atom stereocenters. The van der Waals surface area contributed by atoms with Crippen molar-refractivity contribution in [3.63, 3.8) is 0 Å². The second kappa shape index (κ2) is 9.63. The number of nitrogens with one attached hydrogen (secondary N) is 2. The molecule has 0 aliphatic carbocycles. The number of sulfonamides is 1. The smallest absolute Gasteiger partial charge is 0.241 e. The molecular weight excluding hydrogens is 430 g/mol. The molecule has 4 rings (SSSR count). The fourth-order valence-electron chi connectivity index (χ4n) is 3.01. The average Bonchev–Trinajstić information content (AvgIpc) is 3.49. The maximum absolute atomic E-state index is 12.5. The number of aryl methyl sites for hydroxylation is 1. The van der Waals surface area contributed by atoms with Gasteiger partial charge in [-0.05, 0) is 30.3 Å². The molecule has 32 heavy (non-hydrogen) atoms. The van der Waals surface area contributed by atoms with Gasteiger partial charge in [-0.1, -0.05) is 36.4 Å². The number of furan rings is 1. The van der Waals surface area contributed by atoms with Gasteiger partial charge in [0.15, 0.2) is 11.7 Å². The number of nitrogens with zero attached hydrogens (tertiary/aromatic N) is 1. The minimum absolute atomic E-state index is 0.0348. The van der Waals surface area contributed by atoms with Crippen LogP contribution in [0.25, 0.3) is 11.3 Å². The predicted octanol–water partition coefficient (Wildman–Crippen LogP) is 3.98. The summed E-state index contributed by atoms with van der Waals surface area (Å²) in [5, 5.41) is 2.71. The third kappa shape index (κ3) is 5.51. The van der Waals surface area contributed by atoms with Crippen LogP contribution in [0.15, 0.2) is 92.9 Å². The van der Waals surface area contributed by atoms with Crippen LogP contribution in [-0.4, -0.2) is 19.3 Å². The molecule has 0 fully saturated rings. The largest absolute Gasteiger partial charge is 0.468 e. The molecule has 0 saturated carbocycles. The van der Waals surface area contributed by atoms with Crippen molar-refractivity contribution in [1.82, 2.24) is 9.71 Å². The van der Waals surface area contributed by atoms with E-state index < -0.39 is 10.0 Å². The standard InChI is InChI=1S/C23H21N3O5S/c27-22(11-12-23-24-16-21(31-23)17-6-2-1-3-7-17)26-18-8-4-10-20(14-18)32(28,29)25-15-19-9-5-13-30-19/h1-10,13-14,16,25H,11-12,15H2,(H,26,27). The van der Waals surface area contributed by atoms with Gasteiger partial charge in [0.2, 0.25) is 15.9 Å². The van der Waals surface area contributed by atoms with Gasteiger partial charge < -0.3 is 14.2 Å². The first kappa shape index (κ1) is 21.5. The lowest BCUT2D eigenvalue weighted by Crippen LogP contribution is -2.23. The molecule has 2 aromatic heterocycles. The molecular formula is C23H21N3O5S. The zero-order chi connectivity index (χ0) is 22.4. The first-order valence-corrected chi connectivity index (χ1v) is 11.4. The van der Waals surface area contributed by atoms with Gasteiger partial charge in [-0.25, -0.2) is 18.1 Å². The first-order chi connectivity index (χ1) is 15.5. The Kier molecular flexibility index (Phi) is 6.48. The van der Waals surface area contributed by atoms with Crippen molar-refractivity contribution in [3.8, 4) is 11.3 Å². The van der Waals surface area contributed by atoms with E-state index in [0.717, 1.165) is 5.56 Å². The Morgan fingerprint density at radius 1 is 1.00 bits per heavy atom. The van der Waals surface area contributed by atoms with E-state index in [-0.39, 0.29) is 23.8 Å². The lowest BCUT2D eigenvalue weighted by Gasteiger charge is -2.09. The Labute approximate surface area is 185 Å². The maximum atomic E-state index is 12.5. The predicted molar refractivity (Wildman–Crippen MR) is 118 cm³/mol. The molecule has 4 aromatic rings. The molecule has 0 radical (unpaired) electrons. The van der Waals surface area contributed by atoms with E-state index in [4.69, 9.17) is 8.83 Å². The number of anilines is 1. The number of benzene rings is 2. The highest BCUT2D eigenvalue weighted by atomic mass is 32.2. The molecule has 164 valence electrons. The number of carbonyl (C=O) groups excluding carboxylic acids is 1. The number of hydrogen-bond donors (Lipinski definition) is 2. The molecule has 2 heterocycles. The Hall–Kier alpha value is -3.69. The minimum atomic E-state index is -3.76. The SMILES string of the molecule is O=C(CCc1ncc(-c2ccccc2)o1)Nc1cccc(S(=O)(=O)NCc2ccco2)c1. The van der Waals surface area contributed by atoms with E-state index in [9.17, 15) is 13.2 Å². The summed E-state index contributed by atoms with van der Waals surface area (Å²) in [4.78, 5) is 16.6. The van der Waals surface area contributed by atoms with Crippen LogP contribution < -0.4 is 10.0 Å². The zero-order valence-electron chi connectivity index (χ0n) is 17.0. The highest BCUT2D eigenvalue weighted by Crippen LogP contribution is 2.21. The van der Waals surface area contributed by atoms with Crippen molar-refractivity contribution in [1.29, 1.82) is 0 Å². The van der Waals surface area contributed by atoms with Gasteiger partial charge >= 0.3 is 0 Å². The van der Waals surface area contributed by atoms with Crippen LogP contribution in [-0.2, 0) is 27.8 Å². The van der Waals surface area contributed by atoms with Crippen LogP contribution in [0, 0.1) is 0 Å². The summed E-state index contributed by atoms with van der Waals surface area (Å²) in [5.74, 6) is 1.32. The molecule has 1 amide bonds. The van der Waals surface area contributed by atoms with Crippen LogP contribution in [0.5, 0.6) is 0 Å². The normalized spacial score (nSPS) is 11.4. The Balaban J connectivity index is 1.33. The van der Waals surface area contributed by atoms with E-state index in [1.807, 2.05) is 30.3 Å². The monoisotopic (exact) mass is 451 g/mol. The van der Waals surface area contributed by atoms with E-state index in [0.29, 0.717) is 29.5 Å². The van der Waals surface area contributed by atoms with Gasteiger partial charge in [-0.15, -0.1) is 0 Å². The third-order valence-corrected chi connectivity index (χ3v) is 6.02. The number of aromatic nitrogens is 1. The summed E-state index contributed by atoms with van der Waals surface area (Å²) >= 11 is 0. The van der Waals surface area contributed by atoms with Crippen LogP contribution in [0.3, 0.4) is 0 Å². The van der Waals surface area contributed by atoms with Gasteiger partial charge in [-0.3, -0.25) is 4.79 Å². The molecule has 8 nitrogen and oxygen atoms in total. The minimum Gasteiger partial charge on any atom is -0.468 e. The average molecular weight is 452 g/mol. The van der Waals surface area contributed by atoms with Crippen LogP contribution in [0.1, 0.15) is 18.1 Å². The summed E-state index contributed by atoms with van der Waals surface area (Å²) in [7, 11) is -3.76. The maximum Gasteiger partial charge on any atom is 0.241 e. The number of oxazole rings is 1. The summed E-state index contributed by atoms with van der Waals surface area (Å²) < 4.78 is 38.3. The van der Waals surface area contributed by atoms with Crippen molar-refractivity contribution in [2.45, 2.75) is 24.3 Å². The van der Waals surface area contributed by atoms with Gasteiger partial charge in [-0.2, -0.15) is 0 Å². The topological polar surface area (TPSA) is 114 Å². The Morgan fingerprint density at radius 2 is 1.84 bits per heavy atom. The molecule has 0 aliphatic rings. The molecule has 0 saturated heterocycles. The second-order valence-corrected chi connectivity index (χ2v) is 8.73. The van der Waals surface area contributed by atoms with E-state index in [2.05, 4.69) is 15.0 Å². The Bertz CT molecular complexity index is 1280. The second-order valence-electron chi connectivity index (χ2n) is 6.96. The van der Waals surface area contributed by atoms with Crippen molar-refractivity contribution in [2.75, 3.05) is 5.32 Å². The fourth-order valence-corrected chi connectivity index (χ4v) is 4.05. The van der Waals surface area contributed by atoms with Crippen molar-refractivity contribution in [3.05, 3.63) is 90.8 Å². The van der Waals surface area contributed by atoms with Crippen molar-refractivity contribution >= 4 is 21.6 Å². The van der Waals surface area contributed by atoms with Crippen molar-refractivity contribution < 1.29 is 22.0 Å². The summed E-state index contributed by atoms with van der Waals surface area (Å²) in [5.41, 5.74) is 1.29. The molecule has 9 heteroatoms. The highest BCUT2D eigenvalue weighted by molar-refractivity contribution is 7.89. The molecule has 0 aliphatic heterocycles. The molecule has 2 aromatic carbocycles. The number of rotatable bonds is 9. The van der Waals surface area contributed by atoms with Gasteiger partial charge in [0.05, 0.1) is 23.9 Å². The lowest BCUT2D eigenvalue weighted by molar-refractivity contribution is -0.116. The van der Waals surface area contributed by atoms with E-state index >= 15 is 0 Å². The van der Waals surface area contributed by atoms with Crippen LogP contribution in [0.4, 0.5) is 5.69 Å². The quantitative estimate of drug-likeness (QED) is 0.398. The fraction of sp³-hybridized carbons (Fsp3) is 0.130. The van der Waals surface area contributed by atoms with Gasteiger partial charge in [0, 0.05) is 24.1 Å². The molecule has 0 bridgehead atoms. The number of amides is 1. The highest BCUT2D eigenvalue weighted by Gasteiger charge is 2.16.